The molecule has 1 N–H and O–H groups in total. The first-order valence-corrected chi connectivity index (χ1v) is 9.23. The summed E-state index contributed by atoms with van der Waals surface area (Å²) in [6, 6.07) is 0.512. The number of hydrogen-bond donors (Lipinski definition) is 1. The van der Waals surface area contributed by atoms with Gasteiger partial charge in [0.05, 0.1) is 12.9 Å². The Hall–Kier alpha value is 0.200. The minimum Gasteiger partial charge on any atom is -0.501 e. The molecule has 3 unspecified atom stereocenters. The highest BCUT2D eigenvalue weighted by Gasteiger charge is 2.34. The predicted molar refractivity (Wildman–Crippen MR) is 83.5 cm³/mol. The van der Waals surface area contributed by atoms with Crippen LogP contribution in [0.15, 0.2) is 11.8 Å². The standard InChI is InChI=1S/C14H25NOS2/c1-3-12-14(18-9-8-17-12)13(15-4-2)11-6-5-7-16-10-11/h10,12-15H,3-9H2,1-2H3. The molecule has 0 saturated carbocycles. The summed E-state index contributed by atoms with van der Waals surface area (Å²) in [6.45, 7) is 6.47. The van der Waals surface area contributed by atoms with E-state index in [1.165, 1.54) is 36.3 Å². The molecule has 0 aromatic carbocycles. The van der Waals surface area contributed by atoms with Gasteiger partial charge >= 0.3 is 0 Å². The van der Waals surface area contributed by atoms with Gasteiger partial charge < -0.3 is 10.1 Å². The van der Waals surface area contributed by atoms with Gasteiger partial charge in [-0.1, -0.05) is 13.8 Å². The minimum absolute atomic E-state index is 0.512. The Kier molecular flexibility index (Phi) is 6.25. The molecule has 1 fully saturated rings. The van der Waals surface area contributed by atoms with Crippen LogP contribution in [0.5, 0.6) is 0 Å². The van der Waals surface area contributed by atoms with Gasteiger partial charge in [0.25, 0.3) is 0 Å². The zero-order chi connectivity index (χ0) is 12.8. The van der Waals surface area contributed by atoms with Gasteiger partial charge in [0.2, 0.25) is 0 Å². The van der Waals surface area contributed by atoms with E-state index in [2.05, 4.69) is 42.7 Å². The van der Waals surface area contributed by atoms with Crippen LogP contribution in [0.3, 0.4) is 0 Å². The van der Waals surface area contributed by atoms with Crippen LogP contribution in [0, 0.1) is 0 Å². The van der Waals surface area contributed by atoms with Crippen LogP contribution in [0.1, 0.15) is 33.1 Å². The Balaban J connectivity index is 2.09. The third-order valence-electron chi connectivity index (χ3n) is 3.61. The Morgan fingerprint density at radius 2 is 2.22 bits per heavy atom. The van der Waals surface area contributed by atoms with Gasteiger partial charge in [0, 0.05) is 28.0 Å². The third kappa shape index (κ3) is 3.61. The molecule has 3 atom stereocenters. The second-order valence-corrected chi connectivity index (χ2v) is 7.49. The van der Waals surface area contributed by atoms with Crippen molar-refractivity contribution in [2.45, 2.75) is 49.7 Å². The van der Waals surface area contributed by atoms with Gasteiger partial charge in [-0.3, -0.25) is 0 Å². The van der Waals surface area contributed by atoms with Crippen LogP contribution >= 0.6 is 23.5 Å². The second kappa shape index (κ2) is 7.71. The molecular formula is C14H25NOS2. The Morgan fingerprint density at radius 1 is 1.39 bits per heavy atom. The first-order valence-electron chi connectivity index (χ1n) is 7.14. The van der Waals surface area contributed by atoms with E-state index < -0.39 is 0 Å². The lowest BCUT2D eigenvalue weighted by molar-refractivity contribution is 0.219. The summed E-state index contributed by atoms with van der Waals surface area (Å²) in [4.78, 5) is 0. The fourth-order valence-corrected chi connectivity index (χ4v) is 6.01. The average Bonchev–Trinajstić information content (AvgIpc) is 2.46. The molecule has 1 saturated heterocycles. The summed E-state index contributed by atoms with van der Waals surface area (Å²) in [6.07, 6.45) is 5.69. The van der Waals surface area contributed by atoms with E-state index in [1.54, 1.807) is 0 Å². The van der Waals surface area contributed by atoms with E-state index in [9.17, 15) is 0 Å². The fourth-order valence-electron chi connectivity index (χ4n) is 2.74. The van der Waals surface area contributed by atoms with Crippen LogP contribution in [0.4, 0.5) is 0 Å². The molecule has 4 heteroatoms. The summed E-state index contributed by atoms with van der Waals surface area (Å²) in [5.41, 5.74) is 1.49. The first-order chi connectivity index (χ1) is 8.86. The quantitative estimate of drug-likeness (QED) is 0.837. The molecule has 2 heterocycles. The lowest BCUT2D eigenvalue weighted by atomic mass is 9.96. The van der Waals surface area contributed by atoms with Crippen molar-refractivity contribution < 1.29 is 4.74 Å². The Morgan fingerprint density at radius 3 is 2.89 bits per heavy atom. The molecular weight excluding hydrogens is 262 g/mol. The van der Waals surface area contributed by atoms with Crippen molar-refractivity contribution in [3.8, 4) is 0 Å². The number of hydrogen-bond acceptors (Lipinski definition) is 4. The zero-order valence-electron chi connectivity index (χ0n) is 11.5. The number of nitrogens with one attached hydrogen (secondary N) is 1. The SMILES string of the molecule is CCNC(C1=COCCC1)C1SCCSC1CC. The monoisotopic (exact) mass is 287 g/mol. The van der Waals surface area contributed by atoms with Gasteiger partial charge in [-0.25, -0.2) is 0 Å². The highest BCUT2D eigenvalue weighted by atomic mass is 32.2. The zero-order valence-corrected chi connectivity index (χ0v) is 13.1. The molecule has 104 valence electrons. The maximum absolute atomic E-state index is 5.55. The summed E-state index contributed by atoms with van der Waals surface area (Å²) in [5, 5.41) is 5.20. The van der Waals surface area contributed by atoms with Gasteiger partial charge in [0.1, 0.15) is 0 Å². The molecule has 0 aromatic heterocycles. The highest BCUT2D eigenvalue weighted by molar-refractivity contribution is 8.07. The largest absolute Gasteiger partial charge is 0.501 e. The van der Waals surface area contributed by atoms with Gasteiger partial charge in [0.15, 0.2) is 0 Å². The van der Waals surface area contributed by atoms with Crippen molar-refractivity contribution in [2.75, 3.05) is 24.7 Å². The van der Waals surface area contributed by atoms with Crippen molar-refractivity contribution in [3.63, 3.8) is 0 Å². The van der Waals surface area contributed by atoms with Crippen LogP contribution < -0.4 is 5.32 Å². The molecule has 2 aliphatic heterocycles. The van der Waals surface area contributed by atoms with Crippen molar-refractivity contribution in [3.05, 3.63) is 11.8 Å². The third-order valence-corrected chi connectivity index (χ3v) is 6.96. The maximum atomic E-state index is 5.55. The molecule has 2 aliphatic rings. The van der Waals surface area contributed by atoms with E-state index in [0.29, 0.717) is 11.3 Å². The maximum Gasteiger partial charge on any atom is 0.0876 e. The fraction of sp³-hybridized carbons (Fsp3) is 0.857. The van der Waals surface area contributed by atoms with E-state index in [1.807, 2.05) is 6.26 Å². The molecule has 2 rings (SSSR count). The average molecular weight is 287 g/mol. The van der Waals surface area contributed by atoms with E-state index >= 15 is 0 Å². The topological polar surface area (TPSA) is 21.3 Å². The molecule has 2 nitrogen and oxygen atoms in total. The highest BCUT2D eigenvalue weighted by Crippen LogP contribution is 2.38. The molecule has 0 aromatic rings. The van der Waals surface area contributed by atoms with Crippen LogP contribution in [0.25, 0.3) is 0 Å². The van der Waals surface area contributed by atoms with Gasteiger partial charge in [-0.05, 0) is 31.4 Å². The lowest BCUT2D eigenvalue weighted by Gasteiger charge is -2.38. The summed E-state index contributed by atoms with van der Waals surface area (Å²) < 4.78 is 5.55. The number of thioether (sulfide) groups is 2. The second-order valence-electron chi connectivity index (χ2n) is 4.86. The van der Waals surface area contributed by atoms with E-state index in [0.717, 1.165) is 18.4 Å². The predicted octanol–water partition coefficient (Wildman–Crippen LogP) is 3.29. The molecule has 0 spiro atoms. The van der Waals surface area contributed by atoms with Crippen molar-refractivity contribution in [1.29, 1.82) is 0 Å². The molecule has 0 radical (unpaired) electrons. The molecule has 18 heavy (non-hydrogen) atoms. The first kappa shape index (κ1) is 14.6. The lowest BCUT2D eigenvalue weighted by Crippen LogP contribution is -2.46. The van der Waals surface area contributed by atoms with E-state index in [-0.39, 0.29) is 0 Å². The summed E-state index contributed by atoms with van der Waals surface area (Å²) in [7, 11) is 0. The smallest absolute Gasteiger partial charge is 0.0876 e. The Bertz CT molecular complexity index is 283. The number of ether oxygens (including phenoxy) is 1. The number of likely N-dealkylation sites (N-methyl/N-ethyl adjacent to an activating group) is 1. The van der Waals surface area contributed by atoms with Crippen molar-refractivity contribution in [2.24, 2.45) is 0 Å². The molecule has 0 bridgehead atoms. The minimum atomic E-state index is 0.512. The van der Waals surface area contributed by atoms with E-state index in [4.69, 9.17) is 4.74 Å². The normalized spacial score (nSPS) is 30.4. The molecule has 0 aliphatic carbocycles. The van der Waals surface area contributed by atoms with Crippen molar-refractivity contribution >= 4 is 23.5 Å². The molecule has 0 amide bonds. The van der Waals surface area contributed by atoms with Crippen LogP contribution in [0.2, 0.25) is 0 Å². The van der Waals surface area contributed by atoms with Crippen molar-refractivity contribution in [1.82, 2.24) is 5.32 Å². The summed E-state index contributed by atoms with van der Waals surface area (Å²) in [5.74, 6) is 2.61. The number of rotatable bonds is 5. The van der Waals surface area contributed by atoms with Gasteiger partial charge in [-0.2, -0.15) is 23.5 Å². The van der Waals surface area contributed by atoms with Gasteiger partial charge in [-0.15, -0.1) is 0 Å². The van der Waals surface area contributed by atoms with Crippen LogP contribution in [-0.2, 0) is 4.74 Å². The Labute approximate surface area is 120 Å². The summed E-state index contributed by atoms with van der Waals surface area (Å²) >= 11 is 4.32. The van der Waals surface area contributed by atoms with Crippen LogP contribution in [-0.4, -0.2) is 41.2 Å².